The molecular formula is C19H21FN4O5S. The highest BCUT2D eigenvalue weighted by Gasteiger charge is 2.20. The first kappa shape index (κ1) is 21.7. The molecule has 160 valence electrons. The number of hydrogen-bond donors (Lipinski definition) is 0. The predicted molar refractivity (Wildman–Crippen MR) is 108 cm³/mol. The van der Waals surface area contributed by atoms with E-state index in [0.29, 0.717) is 17.9 Å². The molecular weight excluding hydrogens is 415 g/mol. The number of aromatic nitrogens is 2. The van der Waals surface area contributed by atoms with Crippen LogP contribution >= 0.6 is 0 Å². The Labute approximate surface area is 172 Å². The predicted octanol–water partition coefficient (Wildman–Crippen LogP) is 3.32. The minimum absolute atomic E-state index is 0.0842. The number of aryl methyl sites for hydroxylation is 1. The number of nitro benzene ring substituents is 1. The summed E-state index contributed by atoms with van der Waals surface area (Å²) in [5.74, 6) is -0.489. The molecule has 0 aliphatic rings. The third-order valence-corrected chi connectivity index (χ3v) is 6.32. The topological polar surface area (TPSA) is 108 Å². The maximum Gasteiger partial charge on any atom is 0.272 e. The van der Waals surface area contributed by atoms with Gasteiger partial charge in [-0.1, -0.05) is 6.92 Å². The lowest BCUT2D eigenvalue weighted by atomic mass is 10.3. The Balaban J connectivity index is 1.95. The fourth-order valence-electron chi connectivity index (χ4n) is 2.98. The lowest BCUT2D eigenvalue weighted by Gasteiger charge is -2.11. The fourth-order valence-corrected chi connectivity index (χ4v) is 3.90. The summed E-state index contributed by atoms with van der Waals surface area (Å²) in [6.07, 6.45) is 0.794. The smallest absolute Gasteiger partial charge is 0.272 e. The maximum absolute atomic E-state index is 14.1. The number of fused-ring (bicyclic) bond motifs is 1. The van der Waals surface area contributed by atoms with Crippen LogP contribution in [0.3, 0.4) is 0 Å². The number of sulfonamides is 1. The van der Waals surface area contributed by atoms with E-state index >= 15 is 0 Å². The van der Waals surface area contributed by atoms with E-state index in [9.17, 15) is 22.9 Å². The van der Waals surface area contributed by atoms with Crippen LogP contribution in [0.4, 0.5) is 10.1 Å². The maximum atomic E-state index is 14.1. The van der Waals surface area contributed by atoms with Crippen molar-refractivity contribution in [2.24, 2.45) is 0 Å². The highest BCUT2D eigenvalue weighted by Crippen LogP contribution is 2.26. The summed E-state index contributed by atoms with van der Waals surface area (Å²) < 4.78 is 47.4. The molecule has 0 saturated heterocycles. The lowest BCUT2D eigenvalue weighted by Crippen LogP contribution is -2.22. The number of halogens is 1. The Morgan fingerprint density at radius 3 is 2.57 bits per heavy atom. The molecule has 0 fully saturated rings. The third-order valence-electron chi connectivity index (χ3n) is 4.51. The second-order valence-electron chi connectivity index (χ2n) is 6.78. The van der Waals surface area contributed by atoms with Gasteiger partial charge in [0.15, 0.2) is 11.6 Å². The van der Waals surface area contributed by atoms with Gasteiger partial charge in [-0.05, 0) is 30.7 Å². The normalized spacial score (nSPS) is 11.9. The molecule has 0 aliphatic heterocycles. The van der Waals surface area contributed by atoms with Gasteiger partial charge in [0.05, 0.1) is 26.9 Å². The number of nitrogens with zero attached hydrogens (tertiary/aromatic N) is 4. The zero-order valence-electron chi connectivity index (χ0n) is 16.7. The Bertz CT molecular complexity index is 1210. The number of nitro groups is 1. The molecule has 3 aromatic rings. The van der Waals surface area contributed by atoms with Crippen LogP contribution in [-0.2, 0) is 23.2 Å². The first-order valence-corrected chi connectivity index (χ1v) is 10.6. The summed E-state index contributed by atoms with van der Waals surface area (Å²) in [6.45, 7) is 2.51. The Morgan fingerprint density at radius 2 is 1.97 bits per heavy atom. The third kappa shape index (κ3) is 4.12. The summed E-state index contributed by atoms with van der Waals surface area (Å²) >= 11 is 0. The van der Waals surface area contributed by atoms with Crippen molar-refractivity contribution in [3.05, 3.63) is 58.2 Å². The van der Waals surface area contributed by atoms with Gasteiger partial charge >= 0.3 is 0 Å². The monoisotopic (exact) mass is 436 g/mol. The van der Waals surface area contributed by atoms with E-state index < -0.39 is 20.8 Å². The minimum atomic E-state index is -3.61. The molecule has 2 aromatic carbocycles. The van der Waals surface area contributed by atoms with Crippen LogP contribution < -0.4 is 4.74 Å². The minimum Gasteiger partial charge on any atom is -0.483 e. The molecule has 0 aliphatic carbocycles. The molecule has 11 heteroatoms. The molecule has 0 amide bonds. The molecule has 1 aromatic heterocycles. The second kappa shape index (κ2) is 8.36. The zero-order chi connectivity index (χ0) is 22.1. The van der Waals surface area contributed by atoms with Crippen molar-refractivity contribution in [1.82, 2.24) is 13.9 Å². The lowest BCUT2D eigenvalue weighted by molar-refractivity contribution is -0.385. The van der Waals surface area contributed by atoms with Crippen LogP contribution in [0.5, 0.6) is 5.75 Å². The van der Waals surface area contributed by atoms with Crippen LogP contribution in [0, 0.1) is 15.9 Å². The second-order valence-corrected chi connectivity index (χ2v) is 8.93. The average Bonchev–Trinajstić information content (AvgIpc) is 3.03. The number of imidazole rings is 1. The van der Waals surface area contributed by atoms with Gasteiger partial charge in [-0.2, -0.15) is 0 Å². The van der Waals surface area contributed by atoms with Gasteiger partial charge in [0.2, 0.25) is 10.0 Å². The quantitative estimate of drug-likeness (QED) is 0.396. The highest BCUT2D eigenvalue weighted by molar-refractivity contribution is 7.89. The van der Waals surface area contributed by atoms with E-state index in [1.807, 2.05) is 11.5 Å². The van der Waals surface area contributed by atoms with Crippen LogP contribution in [0.25, 0.3) is 11.0 Å². The number of non-ortho nitro benzene ring substituents is 1. The number of rotatable bonds is 8. The number of benzene rings is 2. The van der Waals surface area contributed by atoms with Crippen LogP contribution in [0.2, 0.25) is 0 Å². The molecule has 0 radical (unpaired) electrons. The van der Waals surface area contributed by atoms with Crippen molar-refractivity contribution in [2.75, 3.05) is 14.1 Å². The first-order valence-electron chi connectivity index (χ1n) is 9.13. The molecule has 30 heavy (non-hydrogen) atoms. The summed E-state index contributed by atoms with van der Waals surface area (Å²) in [5.41, 5.74) is 0.846. The van der Waals surface area contributed by atoms with Crippen molar-refractivity contribution in [1.29, 1.82) is 0 Å². The summed E-state index contributed by atoms with van der Waals surface area (Å²) in [7, 11) is -0.705. The molecule has 0 atom stereocenters. The van der Waals surface area contributed by atoms with Gasteiger partial charge in [0.1, 0.15) is 12.4 Å². The van der Waals surface area contributed by atoms with Gasteiger partial charge in [-0.15, -0.1) is 0 Å². The summed E-state index contributed by atoms with van der Waals surface area (Å²) in [6, 6.07) is 7.85. The molecule has 0 unspecified atom stereocenters. The van der Waals surface area contributed by atoms with E-state index in [2.05, 4.69) is 4.98 Å². The van der Waals surface area contributed by atoms with Crippen LogP contribution in [0.15, 0.2) is 41.3 Å². The van der Waals surface area contributed by atoms with Crippen molar-refractivity contribution in [3.63, 3.8) is 0 Å². The van der Waals surface area contributed by atoms with E-state index in [1.54, 1.807) is 6.07 Å². The van der Waals surface area contributed by atoms with E-state index in [-0.39, 0.29) is 22.9 Å². The van der Waals surface area contributed by atoms with Gasteiger partial charge in [-0.25, -0.2) is 22.1 Å². The average molecular weight is 436 g/mol. The molecule has 0 bridgehead atoms. The fraction of sp³-hybridized carbons (Fsp3) is 0.316. The van der Waals surface area contributed by atoms with Gasteiger partial charge in [0, 0.05) is 26.7 Å². The molecule has 0 N–H and O–H groups in total. The van der Waals surface area contributed by atoms with Gasteiger partial charge < -0.3 is 9.30 Å². The van der Waals surface area contributed by atoms with Crippen molar-refractivity contribution < 1.29 is 22.5 Å². The van der Waals surface area contributed by atoms with E-state index in [0.717, 1.165) is 28.4 Å². The zero-order valence-corrected chi connectivity index (χ0v) is 17.5. The summed E-state index contributed by atoms with van der Waals surface area (Å²) in [4.78, 5) is 14.7. The van der Waals surface area contributed by atoms with Gasteiger partial charge in [0.25, 0.3) is 5.69 Å². The Morgan fingerprint density at radius 1 is 1.23 bits per heavy atom. The molecule has 0 spiro atoms. The standard InChI is InChI=1S/C19H21FN4O5S/c1-4-9-23-17-7-6-14(30(27,28)22(2)3)11-16(17)21-19(23)12-29-18-8-5-13(24(25)26)10-15(18)20/h5-8,10-11H,4,9,12H2,1-3H3. The van der Waals surface area contributed by atoms with Crippen LogP contribution in [-0.4, -0.2) is 41.3 Å². The number of ether oxygens (including phenoxy) is 1. The highest BCUT2D eigenvalue weighted by atomic mass is 32.2. The largest absolute Gasteiger partial charge is 0.483 e. The van der Waals surface area contributed by atoms with E-state index in [1.165, 1.54) is 32.3 Å². The molecule has 9 nitrogen and oxygen atoms in total. The Hall–Kier alpha value is -3.05. The van der Waals surface area contributed by atoms with Crippen molar-refractivity contribution in [3.8, 4) is 5.75 Å². The van der Waals surface area contributed by atoms with E-state index in [4.69, 9.17) is 4.74 Å². The van der Waals surface area contributed by atoms with Crippen molar-refractivity contribution >= 4 is 26.7 Å². The molecule has 0 saturated carbocycles. The molecule has 3 rings (SSSR count). The SMILES string of the molecule is CCCn1c(COc2ccc([N+](=O)[O-])cc2F)nc2cc(S(=O)(=O)N(C)C)ccc21. The molecule has 1 heterocycles. The summed E-state index contributed by atoms with van der Waals surface area (Å²) in [5, 5.41) is 10.7. The first-order chi connectivity index (χ1) is 14.1. The van der Waals surface area contributed by atoms with Crippen molar-refractivity contribution in [2.45, 2.75) is 31.4 Å². The Kier molecular flexibility index (Phi) is 6.04. The van der Waals surface area contributed by atoms with Crippen LogP contribution in [0.1, 0.15) is 19.2 Å². The van der Waals surface area contributed by atoms with Gasteiger partial charge in [-0.3, -0.25) is 10.1 Å². The number of hydrogen-bond acceptors (Lipinski definition) is 6.